The molecule has 0 aromatic carbocycles. The van der Waals surface area contributed by atoms with Gasteiger partial charge in [0.15, 0.2) is 0 Å². The predicted molar refractivity (Wildman–Crippen MR) is 63.9 cm³/mol. The summed E-state index contributed by atoms with van der Waals surface area (Å²) in [6, 6.07) is 2.12. The molecule has 0 aliphatic carbocycles. The second kappa shape index (κ2) is 5.93. The van der Waals surface area contributed by atoms with Gasteiger partial charge in [0.1, 0.15) is 6.33 Å². The third-order valence-electron chi connectivity index (χ3n) is 3.05. The average molecular weight is 237 g/mol. The van der Waals surface area contributed by atoms with Crippen molar-refractivity contribution >= 4 is 0 Å². The Labute approximate surface area is 102 Å². The fourth-order valence-corrected chi connectivity index (χ4v) is 2.18. The monoisotopic (exact) mass is 237 g/mol. The van der Waals surface area contributed by atoms with Crippen LogP contribution in [0, 0.1) is 5.92 Å². The summed E-state index contributed by atoms with van der Waals surface area (Å²) in [5.74, 6) is 1.09. The van der Waals surface area contributed by atoms with Gasteiger partial charge < -0.3 is 14.8 Å². The quantitative estimate of drug-likeness (QED) is 0.833. The molecule has 94 valence electrons. The van der Waals surface area contributed by atoms with Crippen LogP contribution in [0.15, 0.2) is 12.4 Å². The standard InChI is InChI=1S/C12H19N3O2/c1-3-13-12(9-4-5-17-7-9)10-6-11(16-2)15-8-14-10/h6,8-9,12-13H,3-5,7H2,1-2H3. The van der Waals surface area contributed by atoms with Crippen LogP contribution in [0.25, 0.3) is 0 Å². The van der Waals surface area contributed by atoms with Gasteiger partial charge in [0.25, 0.3) is 0 Å². The molecule has 0 spiro atoms. The Hall–Kier alpha value is -1.20. The molecule has 1 aliphatic rings. The number of ether oxygens (including phenoxy) is 2. The molecular weight excluding hydrogens is 218 g/mol. The second-order valence-electron chi connectivity index (χ2n) is 4.14. The number of nitrogens with one attached hydrogen (secondary N) is 1. The lowest BCUT2D eigenvalue weighted by Gasteiger charge is -2.22. The van der Waals surface area contributed by atoms with Crippen LogP contribution in [-0.4, -0.2) is 36.8 Å². The molecule has 2 heterocycles. The van der Waals surface area contributed by atoms with E-state index in [0.717, 1.165) is 31.9 Å². The van der Waals surface area contributed by atoms with Crippen LogP contribution in [-0.2, 0) is 4.74 Å². The van der Waals surface area contributed by atoms with Gasteiger partial charge in [0.2, 0.25) is 5.88 Å². The molecule has 2 unspecified atom stereocenters. The molecule has 0 radical (unpaired) electrons. The fraction of sp³-hybridized carbons (Fsp3) is 0.667. The number of hydrogen-bond acceptors (Lipinski definition) is 5. The van der Waals surface area contributed by atoms with E-state index in [1.54, 1.807) is 13.4 Å². The summed E-state index contributed by atoms with van der Waals surface area (Å²) in [7, 11) is 1.62. The van der Waals surface area contributed by atoms with Crippen LogP contribution in [0.3, 0.4) is 0 Å². The first-order valence-electron chi connectivity index (χ1n) is 6.02. The minimum atomic E-state index is 0.222. The highest BCUT2D eigenvalue weighted by Gasteiger charge is 2.27. The summed E-state index contributed by atoms with van der Waals surface area (Å²) in [5, 5.41) is 3.47. The van der Waals surface area contributed by atoms with Gasteiger partial charge in [-0.05, 0) is 13.0 Å². The Morgan fingerprint density at radius 2 is 2.47 bits per heavy atom. The van der Waals surface area contributed by atoms with Crippen molar-refractivity contribution < 1.29 is 9.47 Å². The Balaban J connectivity index is 2.18. The maximum absolute atomic E-state index is 5.45. The van der Waals surface area contributed by atoms with E-state index in [-0.39, 0.29) is 6.04 Å². The summed E-state index contributed by atoms with van der Waals surface area (Å²) in [6.45, 7) is 4.65. The summed E-state index contributed by atoms with van der Waals surface area (Å²) in [4.78, 5) is 8.38. The summed E-state index contributed by atoms with van der Waals surface area (Å²) in [6.07, 6.45) is 2.62. The lowest BCUT2D eigenvalue weighted by atomic mass is 9.96. The predicted octanol–water partition coefficient (Wildman–Crippen LogP) is 1.17. The van der Waals surface area contributed by atoms with Gasteiger partial charge in [0, 0.05) is 18.6 Å². The summed E-state index contributed by atoms with van der Waals surface area (Å²) >= 11 is 0. The van der Waals surface area contributed by atoms with E-state index in [4.69, 9.17) is 9.47 Å². The normalized spacial score (nSPS) is 21.4. The van der Waals surface area contributed by atoms with Crippen molar-refractivity contribution in [3.63, 3.8) is 0 Å². The molecule has 1 aromatic heterocycles. The molecule has 0 bridgehead atoms. The number of hydrogen-bond donors (Lipinski definition) is 1. The van der Waals surface area contributed by atoms with E-state index in [2.05, 4.69) is 22.2 Å². The Kier molecular flexibility index (Phi) is 4.28. The second-order valence-corrected chi connectivity index (χ2v) is 4.14. The van der Waals surface area contributed by atoms with E-state index in [0.29, 0.717) is 11.8 Å². The molecule has 1 saturated heterocycles. The largest absolute Gasteiger partial charge is 0.481 e. The zero-order chi connectivity index (χ0) is 12.1. The Morgan fingerprint density at radius 1 is 1.59 bits per heavy atom. The molecule has 1 aromatic rings. The fourth-order valence-electron chi connectivity index (χ4n) is 2.18. The molecule has 0 amide bonds. The molecule has 17 heavy (non-hydrogen) atoms. The molecule has 2 rings (SSSR count). The van der Waals surface area contributed by atoms with Crippen molar-refractivity contribution in [2.24, 2.45) is 5.92 Å². The molecule has 1 fully saturated rings. The number of methoxy groups -OCH3 is 1. The van der Waals surface area contributed by atoms with E-state index >= 15 is 0 Å². The molecule has 1 aliphatic heterocycles. The van der Waals surface area contributed by atoms with Gasteiger partial charge in [0.05, 0.1) is 25.5 Å². The van der Waals surface area contributed by atoms with Crippen molar-refractivity contribution in [2.75, 3.05) is 26.9 Å². The van der Waals surface area contributed by atoms with Crippen LogP contribution in [0.5, 0.6) is 5.88 Å². The third kappa shape index (κ3) is 2.92. The topological polar surface area (TPSA) is 56.3 Å². The van der Waals surface area contributed by atoms with Crippen molar-refractivity contribution in [3.05, 3.63) is 18.1 Å². The van der Waals surface area contributed by atoms with E-state index in [1.165, 1.54) is 0 Å². The van der Waals surface area contributed by atoms with Gasteiger partial charge in [-0.1, -0.05) is 6.92 Å². The minimum absolute atomic E-state index is 0.222. The molecule has 1 N–H and O–H groups in total. The molecular formula is C12H19N3O2. The van der Waals surface area contributed by atoms with Gasteiger partial charge in [-0.3, -0.25) is 0 Å². The average Bonchev–Trinajstić information content (AvgIpc) is 2.89. The van der Waals surface area contributed by atoms with Crippen LogP contribution in [0.4, 0.5) is 0 Å². The zero-order valence-corrected chi connectivity index (χ0v) is 10.3. The molecule has 2 atom stereocenters. The van der Waals surface area contributed by atoms with Crippen molar-refractivity contribution in [3.8, 4) is 5.88 Å². The zero-order valence-electron chi connectivity index (χ0n) is 10.3. The number of rotatable bonds is 5. The SMILES string of the molecule is CCNC(c1cc(OC)ncn1)C1CCOC1. The Bertz CT molecular complexity index is 353. The first-order valence-corrected chi connectivity index (χ1v) is 6.02. The summed E-state index contributed by atoms with van der Waals surface area (Å²) < 4.78 is 10.6. The smallest absolute Gasteiger partial charge is 0.216 e. The first kappa shape index (κ1) is 12.3. The van der Waals surface area contributed by atoms with Crippen LogP contribution in [0.2, 0.25) is 0 Å². The molecule has 0 saturated carbocycles. The maximum Gasteiger partial charge on any atom is 0.216 e. The van der Waals surface area contributed by atoms with Crippen molar-refractivity contribution in [1.82, 2.24) is 15.3 Å². The summed E-state index contributed by atoms with van der Waals surface area (Å²) in [5.41, 5.74) is 0.981. The highest BCUT2D eigenvalue weighted by molar-refractivity contribution is 5.17. The van der Waals surface area contributed by atoms with Crippen LogP contribution in [0.1, 0.15) is 25.1 Å². The first-order chi connectivity index (χ1) is 8.35. The number of aromatic nitrogens is 2. The van der Waals surface area contributed by atoms with Crippen molar-refractivity contribution in [1.29, 1.82) is 0 Å². The lowest BCUT2D eigenvalue weighted by Crippen LogP contribution is -2.29. The third-order valence-corrected chi connectivity index (χ3v) is 3.05. The molecule has 5 nitrogen and oxygen atoms in total. The highest BCUT2D eigenvalue weighted by Crippen LogP contribution is 2.28. The minimum Gasteiger partial charge on any atom is -0.481 e. The maximum atomic E-state index is 5.45. The van der Waals surface area contributed by atoms with E-state index in [1.807, 2.05) is 6.07 Å². The lowest BCUT2D eigenvalue weighted by molar-refractivity contribution is 0.176. The van der Waals surface area contributed by atoms with E-state index < -0.39 is 0 Å². The molecule has 5 heteroatoms. The van der Waals surface area contributed by atoms with Gasteiger partial charge in [-0.25, -0.2) is 9.97 Å². The highest BCUT2D eigenvalue weighted by atomic mass is 16.5. The van der Waals surface area contributed by atoms with Crippen LogP contribution >= 0.6 is 0 Å². The van der Waals surface area contributed by atoms with Gasteiger partial charge in [-0.2, -0.15) is 0 Å². The van der Waals surface area contributed by atoms with Crippen molar-refractivity contribution in [2.45, 2.75) is 19.4 Å². The van der Waals surface area contributed by atoms with E-state index in [9.17, 15) is 0 Å². The Morgan fingerprint density at radius 3 is 3.12 bits per heavy atom. The van der Waals surface area contributed by atoms with Gasteiger partial charge in [-0.15, -0.1) is 0 Å². The van der Waals surface area contributed by atoms with Crippen LogP contribution < -0.4 is 10.1 Å². The number of nitrogens with zero attached hydrogens (tertiary/aromatic N) is 2. The van der Waals surface area contributed by atoms with Gasteiger partial charge >= 0.3 is 0 Å².